The quantitative estimate of drug-likeness (QED) is 0.185. The average Bonchev–Trinajstić information content (AvgIpc) is 3.74. The Labute approximate surface area is 292 Å². The van der Waals surface area contributed by atoms with Gasteiger partial charge in [0, 0.05) is 44.4 Å². The van der Waals surface area contributed by atoms with E-state index in [0.717, 1.165) is 59.6 Å². The Kier molecular flexibility index (Phi) is 8.75. The molecule has 0 spiro atoms. The number of hydrogen-bond acceptors (Lipinski definition) is 6. The first-order chi connectivity index (χ1) is 24.6. The number of nitrogens with one attached hydrogen (secondary N) is 2. The highest BCUT2D eigenvalue weighted by molar-refractivity contribution is 5.95. The summed E-state index contributed by atoms with van der Waals surface area (Å²) in [6, 6.07) is 43.6. The molecule has 2 saturated heterocycles. The van der Waals surface area contributed by atoms with E-state index >= 15 is 0 Å². The summed E-state index contributed by atoms with van der Waals surface area (Å²) < 4.78 is 7.86. The molecule has 2 amide bonds. The van der Waals surface area contributed by atoms with Crippen molar-refractivity contribution in [3.05, 3.63) is 156 Å². The number of urea groups is 1. The van der Waals surface area contributed by atoms with E-state index in [1.54, 1.807) is 0 Å². The third kappa shape index (κ3) is 5.88. The third-order valence-corrected chi connectivity index (χ3v) is 10.0. The van der Waals surface area contributed by atoms with E-state index in [1.807, 2.05) is 36.5 Å². The predicted octanol–water partition coefficient (Wildman–Crippen LogP) is 6.33. The van der Waals surface area contributed by atoms with Gasteiger partial charge in [0.1, 0.15) is 11.4 Å². The van der Waals surface area contributed by atoms with Crippen LogP contribution in [0, 0.1) is 0 Å². The number of morpholine rings is 1. The van der Waals surface area contributed by atoms with Crippen LogP contribution in [-0.4, -0.2) is 78.2 Å². The number of anilines is 2. The van der Waals surface area contributed by atoms with E-state index in [2.05, 4.69) is 129 Å². The maximum atomic E-state index is 13.7. The fraction of sp³-hybridized carbons (Fsp3) is 0.244. The second-order valence-corrected chi connectivity index (χ2v) is 13.2. The monoisotopic (exact) mass is 663 g/mol. The summed E-state index contributed by atoms with van der Waals surface area (Å²) >= 11 is 0. The first kappa shape index (κ1) is 31.7. The molecular weight excluding hydrogens is 622 g/mol. The number of ether oxygens (including phenoxy) is 1. The lowest BCUT2D eigenvalue weighted by Gasteiger charge is -2.37. The third-order valence-electron chi connectivity index (χ3n) is 10.0. The summed E-state index contributed by atoms with van der Waals surface area (Å²) in [7, 11) is 2.09. The van der Waals surface area contributed by atoms with E-state index in [1.165, 1.54) is 5.56 Å². The van der Waals surface area contributed by atoms with Crippen molar-refractivity contribution in [2.24, 2.45) is 0 Å². The Bertz CT molecular complexity index is 1950. The zero-order valence-corrected chi connectivity index (χ0v) is 28.2. The van der Waals surface area contributed by atoms with Crippen molar-refractivity contribution in [1.82, 2.24) is 25.0 Å². The molecule has 0 aliphatic carbocycles. The second-order valence-electron chi connectivity index (χ2n) is 13.2. The van der Waals surface area contributed by atoms with Crippen LogP contribution in [0.15, 0.2) is 134 Å². The Hall–Kier alpha value is -5.51. The lowest BCUT2D eigenvalue weighted by Crippen LogP contribution is -2.42. The Morgan fingerprint density at radius 1 is 0.780 bits per heavy atom. The largest absolute Gasteiger partial charge is 0.378 e. The molecule has 2 aliphatic rings. The summed E-state index contributed by atoms with van der Waals surface area (Å²) in [5, 5.41) is 12.7. The maximum Gasteiger partial charge on any atom is 0.320 e. The Balaban J connectivity index is 1.25. The van der Waals surface area contributed by atoms with E-state index < -0.39 is 5.54 Å². The minimum atomic E-state index is -0.842. The van der Waals surface area contributed by atoms with E-state index in [0.29, 0.717) is 19.0 Å². The summed E-state index contributed by atoms with van der Waals surface area (Å²) in [5.41, 5.74) is 4.44. The number of aromatic nitrogens is 3. The summed E-state index contributed by atoms with van der Waals surface area (Å²) in [5.74, 6) is 1.50. The van der Waals surface area contributed by atoms with Crippen LogP contribution < -0.4 is 15.5 Å². The topological polar surface area (TPSA) is 87.6 Å². The fourth-order valence-electron chi connectivity index (χ4n) is 7.74. The van der Waals surface area contributed by atoms with Gasteiger partial charge in [0.15, 0.2) is 5.82 Å². The van der Waals surface area contributed by atoms with Gasteiger partial charge in [0.2, 0.25) is 0 Å². The summed E-state index contributed by atoms with van der Waals surface area (Å²) in [4.78, 5) is 23.0. The second kappa shape index (κ2) is 13.8. The molecule has 2 fully saturated rings. The molecular formula is C41H41N7O2. The van der Waals surface area contributed by atoms with Crippen molar-refractivity contribution in [2.75, 3.05) is 56.7 Å². The van der Waals surface area contributed by atoms with E-state index in [-0.39, 0.29) is 18.0 Å². The molecule has 9 heteroatoms. The molecule has 252 valence electrons. The standard InChI is InChI=1S/C41H41N7O2/c1-46-28-35(30-14-6-2-7-15-30)36(29-46)43-40(49)44-38-26-37-34(27-42-38)39(47-22-24-50-25-23-47)45-48(37)41(31-16-8-3-9-17-31,32-18-10-4-11-19-32)33-20-12-5-13-21-33/h2-21,26-27,35-36H,22-25,28-29H2,1H3,(H2,42,43,44,49)/t35-,36+/m1/s1. The van der Waals surface area contributed by atoms with Crippen LogP contribution in [-0.2, 0) is 10.3 Å². The number of hydrogen-bond donors (Lipinski definition) is 2. The van der Waals surface area contributed by atoms with Gasteiger partial charge in [-0.1, -0.05) is 121 Å². The van der Waals surface area contributed by atoms with Crippen molar-refractivity contribution in [2.45, 2.75) is 17.5 Å². The maximum absolute atomic E-state index is 13.7. The van der Waals surface area contributed by atoms with Gasteiger partial charge < -0.3 is 19.9 Å². The number of likely N-dealkylation sites (N-methyl/N-ethyl adjacent to an activating group) is 1. The van der Waals surface area contributed by atoms with Gasteiger partial charge in [-0.2, -0.15) is 5.10 Å². The number of likely N-dealkylation sites (tertiary alicyclic amines) is 1. The smallest absolute Gasteiger partial charge is 0.320 e. The molecule has 50 heavy (non-hydrogen) atoms. The number of pyridine rings is 1. The molecule has 2 N–H and O–H groups in total. The SMILES string of the molecule is CN1C[C@H](NC(=O)Nc2cc3c(cn2)c(N2CCOCC2)nn3C(c2ccccc2)(c2ccccc2)c2ccccc2)[C@@H](c2ccccc2)C1. The van der Waals surface area contributed by atoms with Crippen LogP contribution in [0.1, 0.15) is 28.2 Å². The number of nitrogens with zero attached hydrogens (tertiary/aromatic N) is 5. The van der Waals surface area contributed by atoms with Gasteiger partial charge in [-0.25, -0.2) is 14.5 Å². The summed E-state index contributed by atoms with van der Waals surface area (Å²) in [6.07, 6.45) is 1.85. The van der Waals surface area contributed by atoms with Gasteiger partial charge >= 0.3 is 6.03 Å². The zero-order chi connectivity index (χ0) is 33.9. The van der Waals surface area contributed by atoms with Gasteiger partial charge in [-0.3, -0.25) is 5.32 Å². The molecule has 2 atom stereocenters. The highest BCUT2D eigenvalue weighted by Crippen LogP contribution is 2.44. The van der Waals surface area contributed by atoms with Crippen LogP contribution in [0.3, 0.4) is 0 Å². The van der Waals surface area contributed by atoms with Gasteiger partial charge in [0.05, 0.1) is 30.2 Å². The van der Waals surface area contributed by atoms with Crippen LogP contribution >= 0.6 is 0 Å². The van der Waals surface area contributed by atoms with Crippen LogP contribution in [0.25, 0.3) is 10.9 Å². The van der Waals surface area contributed by atoms with Gasteiger partial charge in [0.25, 0.3) is 0 Å². The lowest BCUT2D eigenvalue weighted by atomic mass is 9.77. The number of carbonyl (C=O) groups excluding carboxylic acids is 1. The number of benzene rings is 4. The minimum Gasteiger partial charge on any atom is -0.378 e. The number of carbonyl (C=O) groups is 1. The minimum absolute atomic E-state index is 0.0357. The predicted molar refractivity (Wildman–Crippen MR) is 198 cm³/mol. The van der Waals surface area contributed by atoms with Crippen molar-refractivity contribution in [3.8, 4) is 0 Å². The first-order valence-electron chi connectivity index (χ1n) is 17.3. The Morgan fingerprint density at radius 2 is 1.34 bits per heavy atom. The van der Waals surface area contributed by atoms with Gasteiger partial charge in [-0.05, 0) is 29.3 Å². The molecule has 2 aliphatic heterocycles. The molecule has 4 heterocycles. The van der Waals surface area contributed by atoms with Gasteiger partial charge in [-0.15, -0.1) is 0 Å². The van der Waals surface area contributed by atoms with Crippen molar-refractivity contribution >= 4 is 28.6 Å². The van der Waals surface area contributed by atoms with E-state index in [9.17, 15) is 4.79 Å². The molecule has 9 nitrogen and oxygen atoms in total. The molecule has 4 aromatic carbocycles. The molecule has 0 radical (unpaired) electrons. The molecule has 6 aromatic rings. The van der Waals surface area contributed by atoms with E-state index in [4.69, 9.17) is 14.8 Å². The molecule has 2 aromatic heterocycles. The van der Waals surface area contributed by atoms with Crippen molar-refractivity contribution in [1.29, 1.82) is 0 Å². The zero-order valence-electron chi connectivity index (χ0n) is 28.2. The highest BCUT2D eigenvalue weighted by Gasteiger charge is 2.41. The highest BCUT2D eigenvalue weighted by atomic mass is 16.5. The first-order valence-corrected chi connectivity index (χ1v) is 17.3. The number of rotatable bonds is 8. The molecule has 0 bridgehead atoms. The van der Waals surface area contributed by atoms with Crippen molar-refractivity contribution in [3.63, 3.8) is 0 Å². The number of fused-ring (bicyclic) bond motifs is 1. The van der Waals surface area contributed by atoms with Crippen LogP contribution in [0.4, 0.5) is 16.4 Å². The van der Waals surface area contributed by atoms with Crippen molar-refractivity contribution < 1.29 is 9.53 Å². The molecule has 8 rings (SSSR count). The van der Waals surface area contributed by atoms with Crippen LogP contribution in [0.5, 0.6) is 0 Å². The summed E-state index contributed by atoms with van der Waals surface area (Å²) in [6.45, 7) is 4.35. The normalized spacial score (nSPS) is 18.3. The number of amides is 2. The lowest BCUT2D eigenvalue weighted by molar-refractivity contribution is 0.122. The average molecular weight is 664 g/mol. The Morgan fingerprint density at radius 3 is 1.92 bits per heavy atom. The fourth-order valence-corrected chi connectivity index (χ4v) is 7.74. The molecule has 0 saturated carbocycles. The molecule has 0 unspecified atom stereocenters. The van der Waals surface area contributed by atoms with Crippen LogP contribution in [0.2, 0.25) is 0 Å².